The molecule has 0 fully saturated rings. The molecule has 0 radical (unpaired) electrons. The summed E-state index contributed by atoms with van der Waals surface area (Å²) in [6.07, 6.45) is 1.70. The SMILES string of the molecule is CCCn1c(CC)nc2c1c(=O)n(CCC#N)c(=O)n2C. The summed E-state index contributed by atoms with van der Waals surface area (Å²) in [4.78, 5) is 29.3. The van der Waals surface area contributed by atoms with E-state index in [4.69, 9.17) is 5.26 Å². The Kier molecular flexibility index (Phi) is 4.26. The Bertz CT molecular complexity index is 819. The number of hydrogen-bond donors (Lipinski definition) is 0. The molecule has 0 aliphatic rings. The van der Waals surface area contributed by atoms with E-state index in [1.165, 1.54) is 4.57 Å². The molecule has 112 valence electrons. The van der Waals surface area contributed by atoms with E-state index in [-0.39, 0.29) is 18.5 Å². The number of nitrogens with zero attached hydrogens (tertiary/aromatic N) is 5. The van der Waals surface area contributed by atoms with Crippen molar-refractivity contribution in [1.29, 1.82) is 5.26 Å². The van der Waals surface area contributed by atoms with E-state index in [0.717, 1.165) is 16.8 Å². The van der Waals surface area contributed by atoms with Crippen LogP contribution in [0, 0.1) is 11.3 Å². The van der Waals surface area contributed by atoms with E-state index in [1.54, 1.807) is 7.05 Å². The quantitative estimate of drug-likeness (QED) is 0.814. The Hall–Kier alpha value is -2.36. The van der Waals surface area contributed by atoms with Crippen molar-refractivity contribution in [2.45, 2.75) is 46.2 Å². The zero-order chi connectivity index (χ0) is 15.6. The lowest BCUT2D eigenvalue weighted by Gasteiger charge is -2.08. The van der Waals surface area contributed by atoms with Crippen LogP contribution in [0.5, 0.6) is 0 Å². The van der Waals surface area contributed by atoms with Crippen molar-refractivity contribution in [3.63, 3.8) is 0 Å². The summed E-state index contributed by atoms with van der Waals surface area (Å²) in [5.74, 6) is 0.803. The number of hydrogen-bond acceptors (Lipinski definition) is 4. The molecule has 2 rings (SSSR count). The molecule has 7 heteroatoms. The predicted molar refractivity (Wildman–Crippen MR) is 79.1 cm³/mol. The predicted octanol–water partition coefficient (Wildman–Crippen LogP) is 0.783. The number of fused-ring (bicyclic) bond motifs is 1. The molecular weight excluding hydrogens is 270 g/mol. The molecule has 21 heavy (non-hydrogen) atoms. The molecule has 0 bridgehead atoms. The summed E-state index contributed by atoms with van der Waals surface area (Å²) < 4.78 is 4.40. The molecule has 0 atom stereocenters. The second-order valence-electron chi connectivity index (χ2n) is 4.91. The van der Waals surface area contributed by atoms with Crippen LogP contribution in [0.2, 0.25) is 0 Å². The number of aromatic nitrogens is 4. The molecule has 2 heterocycles. The van der Waals surface area contributed by atoms with E-state index in [2.05, 4.69) is 4.98 Å². The summed E-state index contributed by atoms with van der Waals surface area (Å²) in [6.45, 7) is 4.79. The Labute approximate surface area is 122 Å². The first-order valence-corrected chi connectivity index (χ1v) is 7.12. The lowest BCUT2D eigenvalue weighted by molar-refractivity contribution is 0.605. The van der Waals surface area contributed by atoms with Gasteiger partial charge in [0.2, 0.25) is 0 Å². The van der Waals surface area contributed by atoms with Crippen LogP contribution >= 0.6 is 0 Å². The highest BCUT2D eigenvalue weighted by atomic mass is 16.2. The molecular formula is C14H19N5O2. The fourth-order valence-corrected chi connectivity index (χ4v) is 2.51. The molecule has 7 nitrogen and oxygen atoms in total. The third-order valence-electron chi connectivity index (χ3n) is 3.52. The van der Waals surface area contributed by atoms with Crippen molar-refractivity contribution in [2.24, 2.45) is 7.05 Å². The molecule has 0 unspecified atom stereocenters. The van der Waals surface area contributed by atoms with Crippen LogP contribution in [-0.4, -0.2) is 18.7 Å². The fourth-order valence-electron chi connectivity index (χ4n) is 2.51. The van der Waals surface area contributed by atoms with Gasteiger partial charge >= 0.3 is 5.69 Å². The largest absolute Gasteiger partial charge is 0.332 e. The average Bonchev–Trinajstić information content (AvgIpc) is 2.84. The monoisotopic (exact) mass is 289 g/mol. The summed E-state index contributed by atoms with van der Waals surface area (Å²) in [7, 11) is 1.61. The maximum absolute atomic E-state index is 12.6. The molecule has 2 aromatic heterocycles. The van der Waals surface area contributed by atoms with Crippen LogP contribution in [-0.2, 0) is 26.6 Å². The zero-order valence-electron chi connectivity index (χ0n) is 12.6. The minimum absolute atomic E-state index is 0.108. The van der Waals surface area contributed by atoms with E-state index in [1.807, 2.05) is 24.5 Å². The van der Waals surface area contributed by atoms with Gasteiger partial charge in [-0.2, -0.15) is 5.26 Å². The molecule has 0 amide bonds. The zero-order valence-corrected chi connectivity index (χ0v) is 12.6. The van der Waals surface area contributed by atoms with Crippen LogP contribution in [0.4, 0.5) is 0 Å². The van der Waals surface area contributed by atoms with Crippen molar-refractivity contribution in [1.82, 2.24) is 18.7 Å². The highest BCUT2D eigenvalue weighted by molar-refractivity contribution is 5.71. The van der Waals surface area contributed by atoms with Crippen LogP contribution < -0.4 is 11.2 Å². The normalized spacial score (nSPS) is 11.0. The van der Waals surface area contributed by atoms with Gasteiger partial charge in [-0.15, -0.1) is 0 Å². The fraction of sp³-hybridized carbons (Fsp3) is 0.571. The molecule has 2 aromatic rings. The highest BCUT2D eigenvalue weighted by Gasteiger charge is 2.18. The van der Waals surface area contributed by atoms with Crippen molar-refractivity contribution in [2.75, 3.05) is 0 Å². The minimum atomic E-state index is -0.424. The maximum Gasteiger partial charge on any atom is 0.332 e. The van der Waals surface area contributed by atoms with Gasteiger partial charge in [-0.05, 0) is 6.42 Å². The molecule has 0 aliphatic carbocycles. The summed E-state index contributed by atoms with van der Waals surface area (Å²) in [6, 6.07) is 1.96. The average molecular weight is 289 g/mol. The van der Waals surface area contributed by atoms with Gasteiger partial charge in [-0.1, -0.05) is 13.8 Å². The second kappa shape index (κ2) is 5.95. The van der Waals surface area contributed by atoms with Gasteiger partial charge in [0.1, 0.15) is 5.82 Å². The molecule has 0 spiro atoms. The maximum atomic E-state index is 12.6. The van der Waals surface area contributed by atoms with E-state index in [0.29, 0.717) is 24.1 Å². The summed E-state index contributed by atoms with van der Waals surface area (Å²) in [5, 5.41) is 8.68. The third kappa shape index (κ3) is 2.37. The van der Waals surface area contributed by atoms with E-state index < -0.39 is 5.69 Å². The first-order chi connectivity index (χ1) is 10.1. The Morgan fingerprint density at radius 2 is 1.90 bits per heavy atom. The van der Waals surface area contributed by atoms with Gasteiger partial charge < -0.3 is 4.57 Å². The van der Waals surface area contributed by atoms with Crippen LogP contribution in [0.25, 0.3) is 11.2 Å². The third-order valence-corrected chi connectivity index (χ3v) is 3.52. The van der Waals surface area contributed by atoms with Crippen molar-refractivity contribution in [3.8, 4) is 6.07 Å². The Morgan fingerprint density at radius 3 is 2.48 bits per heavy atom. The van der Waals surface area contributed by atoms with Crippen molar-refractivity contribution < 1.29 is 0 Å². The lowest BCUT2D eigenvalue weighted by atomic mass is 10.4. The molecule has 0 saturated carbocycles. The molecule has 0 aromatic carbocycles. The second-order valence-corrected chi connectivity index (χ2v) is 4.91. The van der Waals surface area contributed by atoms with Crippen molar-refractivity contribution >= 4 is 11.2 Å². The van der Waals surface area contributed by atoms with Gasteiger partial charge in [0.05, 0.1) is 12.5 Å². The summed E-state index contributed by atoms with van der Waals surface area (Å²) in [5.41, 5.74) is 0.0906. The first-order valence-electron chi connectivity index (χ1n) is 7.12. The summed E-state index contributed by atoms with van der Waals surface area (Å²) >= 11 is 0. The van der Waals surface area contributed by atoms with Gasteiger partial charge in [0.25, 0.3) is 5.56 Å². The topological polar surface area (TPSA) is 85.6 Å². The number of nitriles is 1. The Balaban J connectivity index is 2.86. The van der Waals surface area contributed by atoms with E-state index in [9.17, 15) is 9.59 Å². The van der Waals surface area contributed by atoms with E-state index >= 15 is 0 Å². The highest BCUT2D eigenvalue weighted by Crippen LogP contribution is 2.12. The number of rotatable bonds is 5. The van der Waals surface area contributed by atoms with Crippen LogP contribution in [0.1, 0.15) is 32.5 Å². The van der Waals surface area contributed by atoms with Crippen molar-refractivity contribution in [3.05, 3.63) is 26.7 Å². The minimum Gasteiger partial charge on any atom is -0.322 e. The van der Waals surface area contributed by atoms with Gasteiger partial charge in [-0.3, -0.25) is 13.9 Å². The van der Waals surface area contributed by atoms with Crippen LogP contribution in [0.15, 0.2) is 9.59 Å². The molecule has 0 aliphatic heterocycles. The molecule has 0 saturated heterocycles. The Morgan fingerprint density at radius 1 is 1.19 bits per heavy atom. The number of imidazole rings is 1. The van der Waals surface area contributed by atoms with Gasteiger partial charge in [0.15, 0.2) is 11.2 Å². The van der Waals surface area contributed by atoms with Crippen LogP contribution in [0.3, 0.4) is 0 Å². The van der Waals surface area contributed by atoms with Gasteiger partial charge in [-0.25, -0.2) is 9.78 Å². The van der Waals surface area contributed by atoms with Gasteiger partial charge in [0, 0.05) is 26.6 Å². The lowest BCUT2D eigenvalue weighted by Crippen LogP contribution is -2.39. The standard InChI is InChI=1S/C14H19N5O2/c1-4-8-18-10(5-2)16-12-11(18)13(20)19(9-6-7-15)14(21)17(12)3/h4-6,8-9H2,1-3H3. The number of aryl methyl sites for hydroxylation is 3. The smallest absolute Gasteiger partial charge is 0.322 e. The molecule has 0 N–H and O–H groups in total. The first kappa shape index (κ1) is 15.0.